The Balaban J connectivity index is 2.12. The summed E-state index contributed by atoms with van der Waals surface area (Å²) in [7, 11) is 0. The van der Waals surface area contributed by atoms with Crippen LogP contribution in [0.3, 0.4) is 0 Å². The molecule has 0 fully saturated rings. The zero-order chi connectivity index (χ0) is 11.7. The SMILES string of the molecule is NC[C@H]1OCCc2c(-c3cocn3)cccc21. The van der Waals surface area contributed by atoms with Gasteiger partial charge in [0, 0.05) is 12.1 Å². The summed E-state index contributed by atoms with van der Waals surface area (Å²) in [6, 6.07) is 6.16. The summed E-state index contributed by atoms with van der Waals surface area (Å²) in [5.74, 6) is 0. The van der Waals surface area contributed by atoms with Gasteiger partial charge in [0.05, 0.1) is 12.7 Å². The molecule has 0 aliphatic carbocycles. The zero-order valence-electron chi connectivity index (χ0n) is 9.43. The van der Waals surface area contributed by atoms with E-state index in [-0.39, 0.29) is 6.10 Å². The molecule has 1 aliphatic rings. The molecule has 4 heteroatoms. The van der Waals surface area contributed by atoms with Crippen molar-refractivity contribution in [1.29, 1.82) is 0 Å². The number of aromatic nitrogens is 1. The van der Waals surface area contributed by atoms with E-state index in [0.29, 0.717) is 13.2 Å². The monoisotopic (exact) mass is 230 g/mol. The first-order chi connectivity index (χ1) is 8.40. The molecular formula is C13H14N2O2. The van der Waals surface area contributed by atoms with Gasteiger partial charge in [0.2, 0.25) is 0 Å². The number of oxazole rings is 1. The third kappa shape index (κ3) is 1.75. The van der Waals surface area contributed by atoms with E-state index in [1.807, 2.05) is 6.07 Å². The van der Waals surface area contributed by atoms with Crippen LogP contribution in [-0.2, 0) is 11.2 Å². The summed E-state index contributed by atoms with van der Waals surface area (Å²) in [6.07, 6.45) is 4.02. The van der Waals surface area contributed by atoms with Crippen LogP contribution in [0.1, 0.15) is 17.2 Å². The van der Waals surface area contributed by atoms with Gasteiger partial charge < -0.3 is 14.9 Å². The third-order valence-electron chi connectivity index (χ3n) is 3.15. The van der Waals surface area contributed by atoms with E-state index >= 15 is 0 Å². The van der Waals surface area contributed by atoms with Crippen LogP contribution < -0.4 is 5.73 Å². The predicted octanol–water partition coefficient (Wildman–Crippen LogP) is 1.91. The second-order valence-electron chi connectivity index (χ2n) is 4.09. The first-order valence-corrected chi connectivity index (χ1v) is 5.72. The number of ether oxygens (including phenoxy) is 1. The van der Waals surface area contributed by atoms with Crippen molar-refractivity contribution in [3.8, 4) is 11.3 Å². The summed E-state index contributed by atoms with van der Waals surface area (Å²) in [5.41, 5.74) is 10.2. The second kappa shape index (κ2) is 4.31. The van der Waals surface area contributed by atoms with Gasteiger partial charge in [-0.2, -0.15) is 0 Å². The topological polar surface area (TPSA) is 61.3 Å². The van der Waals surface area contributed by atoms with Crippen LogP contribution in [0.2, 0.25) is 0 Å². The molecular weight excluding hydrogens is 216 g/mol. The fourth-order valence-electron chi connectivity index (χ4n) is 2.36. The van der Waals surface area contributed by atoms with Gasteiger partial charge in [-0.05, 0) is 17.5 Å². The maximum absolute atomic E-state index is 5.73. The fraction of sp³-hybridized carbons (Fsp3) is 0.308. The molecule has 0 unspecified atom stereocenters. The standard InChI is InChI=1S/C13H14N2O2/c14-6-13-11-3-1-2-10(9(11)4-5-17-13)12-7-16-8-15-12/h1-3,7-8,13H,4-6,14H2/t13-/m1/s1. The molecule has 17 heavy (non-hydrogen) atoms. The molecule has 1 atom stereocenters. The van der Waals surface area contributed by atoms with Crippen LogP contribution in [0.4, 0.5) is 0 Å². The summed E-state index contributed by atoms with van der Waals surface area (Å²) < 4.78 is 10.7. The highest BCUT2D eigenvalue weighted by molar-refractivity contribution is 5.65. The maximum Gasteiger partial charge on any atom is 0.181 e. The second-order valence-corrected chi connectivity index (χ2v) is 4.09. The highest BCUT2D eigenvalue weighted by atomic mass is 16.5. The van der Waals surface area contributed by atoms with Crippen LogP contribution in [0.15, 0.2) is 35.3 Å². The van der Waals surface area contributed by atoms with Crippen LogP contribution in [0.25, 0.3) is 11.3 Å². The largest absolute Gasteiger partial charge is 0.451 e. The van der Waals surface area contributed by atoms with Crippen molar-refractivity contribution in [2.24, 2.45) is 5.73 Å². The van der Waals surface area contributed by atoms with Gasteiger partial charge in [-0.15, -0.1) is 0 Å². The van der Waals surface area contributed by atoms with E-state index in [1.54, 1.807) is 6.26 Å². The van der Waals surface area contributed by atoms with Crippen LogP contribution >= 0.6 is 0 Å². The Bertz CT molecular complexity index is 508. The van der Waals surface area contributed by atoms with Crippen molar-refractivity contribution in [1.82, 2.24) is 4.98 Å². The smallest absolute Gasteiger partial charge is 0.181 e. The zero-order valence-corrected chi connectivity index (χ0v) is 9.43. The minimum Gasteiger partial charge on any atom is -0.451 e. The minimum atomic E-state index is 0.00519. The number of hydrogen-bond donors (Lipinski definition) is 1. The number of rotatable bonds is 2. The number of hydrogen-bond acceptors (Lipinski definition) is 4. The van der Waals surface area contributed by atoms with Crippen LogP contribution in [0, 0.1) is 0 Å². The lowest BCUT2D eigenvalue weighted by molar-refractivity contribution is 0.0486. The number of fused-ring (bicyclic) bond motifs is 1. The molecule has 2 aromatic rings. The van der Waals surface area contributed by atoms with E-state index in [0.717, 1.165) is 17.7 Å². The fourth-order valence-corrected chi connectivity index (χ4v) is 2.36. The molecule has 0 bridgehead atoms. The van der Waals surface area contributed by atoms with Gasteiger partial charge >= 0.3 is 0 Å². The molecule has 0 amide bonds. The van der Waals surface area contributed by atoms with Gasteiger partial charge in [-0.1, -0.05) is 18.2 Å². The summed E-state index contributed by atoms with van der Waals surface area (Å²) >= 11 is 0. The molecule has 2 N–H and O–H groups in total. The van der Waals surface area contributed by atoms with E-state index in [9.17, 15) is 0 Å². The van der Waals surface area contributed by atoms with Crippen LogP contribution in [-0.4, -0.2) is 18.1 Å². The lowest BCUT2D eigenvalue weighted by Gasteiger charge is -2.26. The van der Waals surface area contributed by atoms with Crippen molar-refractivity contribution in [3.63, 3.8) is 0 Å². The number of benzene rings is 1. The van der Waals surface area contributed by atoms with Crippen LogP contribution in [0.5, 0.6) is 0 Å². The van der Waals surface area contributed by atoms with E-state index in [1.165, 1.54) is 17.5 Å². The van der Waals surface area contributed by atoms with Crippen molar-refractivity contribution < 1.29 is 9.15 Å². The van der Waals surface area contributed by atoms with Crippen molar-refractivity contribution in [3.05, 3.63) is 42.0 Å². The van der Waals surface area contributed by atoms with Gasteiger partial charge in [-0.3, -0.25) is 0 Å². The quantitative estimate of drug-likeness (QED) is 0.856. The Morgan fingerprint density at radius 3 is 3.12 bits per heavy atom. The average Bonchev–Trinajstić information content (AvgIpc) is 2.91. The molecule has 0 spiro atoms. The Morgan fingerprint density at radius 1 is 1.41 bits per heavy atom. The molecule has 3 rings (SSSR count). The van der Waals surface area contributed by atoms with Gasteiger partial charge in [0.1, 0.15) is 12.0 Å². The maximum atomic E-state index is 5.73. The number of nitrogens with zero attached hydrogens (tertiary/aromatic N) is 1. The lowest BCUT2D eigenvalue weighted by atomic mass is 9.92. The van der Waals surface area contributed by atoms with Crippen molar-refractivity contribution in [2.45, 2.75) is 12.5 Å². The molecule has 1 aromatic heterocycles. The van der Waals surface area contributed by atoms with Gasteiger partial charge in [0.15, 0.2) is 6.39 Å². The van der Waals surface area contributed by atoms with E-state index < -0.39 is 0 Å². The predicted molar refractivity (Wildman–Crippen MR) is 63.4 cm³/mol. The molecule has 0 saturated carbocycles. The molecule has 2 heterocycles. The Morgan fingerprint density at radius 2 is 2.35 bits per heavy atom. The minimum absolute atomic E-state index is 0.00519. The normalized spacial score (nSPS) is 19.0. The molecule has 0 saturated heterocycles. The molecule has 0 radical (unpaired) electrons. The van der Waals surface area contributed by atoms with Gasteiger partial charge in [0.25, 0.3) is 0 Å². The Kier molecular flexibility index (Phi) is 2.66. The molecule has 1 aliphatic heterocycles. The average molecular weight is 230 g/mol. The highest BCUT2D eigenvalue weighted by Gasteiger charge is 2.22. The first-order valence-electron chi connectivity index (χ1n) is 5.72. The van der Waals surface area contributed by atoms with E-state index in [4.69, 9.17) is 14.9 Å². The van der Waals surface area contributed by atoms with Crippen molar-refractivity contribution in [2.75, 3.05) is 13.2 Å². The van der Waals surface area contributed by atoms with E-state index in [2.05, 4.69) is 17.1 Å². The Hall–Kier alpha value is -1.65. The molecule has 1 aromatic carbocycles. The third-order valence-corrected chi connectivity index (χ3v) is 3.15. The summed E-state index contributed by atoms with van der Waals surface area (Å²) in [4.78, 5) is 4.21. The molecule has 4 nitrogen and oxygen atoms in total. The summed E-state index contributed by atoms with van der Waals surface area (Å²) in [5, 5.41) is 0. The lowest BCUT2D eigenvalue weighted by Crippen LogP contribution is -2.23. The molecule has 88 valence electrons. The number of nitrogens with two attached hydrogens (primary N) is 1. The van der Waals surface area contributed by atoms with Crippen molar-refractivity contribution >= 4 is 0 Å². The van der Waals surface area contributed by atoms with Gasteiger partial charge in [-0.25, -0.2) is 4.98 Å². The first kappa shape index (κ1) is 10.5. The Labute approximate surface area is 99.4 Å². The highest BCUT2D eigenvalue weighted by Crippen LogP contribution is 2.33. The summed E-state index contributed by atoms with van der Waals surface area (Å²) in [6.45, 7) is 1.22.